The number of rotatable bonds is 8. The number of para-hydroxylation sites is 1. The first kappa shape index (κ1) is 26.4. The van der Waals surface area contributed by atoms with Gasteiger partial charge in [-0.05, 0) is 61.0 Å². The quantitative estimate of drug-likeness (QED) is 0.280. The predicted octanol–water partition coefficient (Wildman–Crippen LogP) is 2.42. The second kappa shape index (κ2) is 10.9. The first-order valence-corrected chi connectivity index (χ1v) is 12.9. The van der Waals surface area contributed by atoms with Crippen molar-refractivity contribution >= 4 is 36.2 Å². The molecule has 0 bridgehead atoms. The van der Waals surface area contributed by atoms with Gasteiger partial charge in [-0.15, -0.1) is 0 Å². The number of hydrogen-bond acceptors (Lipinski definition) is 7. The highest BCUT2D eigenvalue weighted by atomic mass is 16.5. The Morgan fingerprint density at radius 1 is 1.13 bits per heavy atom. The van der Waals surface area contributed by atoms with Crippen LogP contribution in [0.1, 0.15) is 31.7 Å². The van der Waals surface area contributed by atoms with E-state index < -0.39 is 19.0 Å². The number of fused-ring (bicyclic) bond motifs is 3. The van der Waals surface area contributed by atoms with Crippen LogP contribution in [0.5, 0.6) is 5.75 Å². The fraction of sp³-hybridized carbons (Fsp3) is 0.379. The molecule has 0 saturated carbocycles. The number of phenols is 1. The van der Waals surface area contributed by atoms with Gasteiger partial charge in [0.15, 0.2) is 0 Å². The molecule has 8 nitrogen and oxygen atoms in total. The molecule has 0 unspecified atom stereocenters. The van der Waals surface area contributed by atoms with E-state index in [-0.39, 0.29) is 35.0 Å². The maximum absolute atomic E-state index is 13.7. The molecule has 2 amide bonds. The van der Waals surface area contributed by atoms with E-state index in [9.17, 15) is 24.7 Å². The van der Waals surface area contributed by atoms with Crippen LogP contribution in [0.25, 0.3) is 6.08 Å². The molecule has 38 heavy (non-hydrogen) atoms. The second-order valence-electron chi connectivity index (χ2n) is 10.3. The Morgan fingerprint density at radius 3 is 2.66 bits per heavy atom. The summed E-state index contributed by atoms with van der Waals surface area (Å²) in [6.07, 6.45) is 3.69. The first-order chi connectivity index (χ1) is 18.3. The summed E-state index contributed by atoms with van der Waals surface area (Å²) in [6.45, 7) is 2.75. The monoisotopic (exact) mass is 517 g/mol. The number of ether oxygens (including phenoxy) is 2. The van der Waals surface area contributed by atoms with Crippen molar-refractivity contribution < 1.29 is 34.2 Å². The fourth-order valence-electron chi connectivity index (χ4n) is 6.16. The van der Waals surface area contributed by atoms with Crippen molar-refractivity contribution in [1.29, 1.82) is 0 Å². The number of allylic oxidation sites excluding steroid dienone is 1. The molecular formula is C29H32BNO7. The van der Waals surface area contributed by atoms with Gasteiger partial charge in [-0.1, -0.05) is 42.0 Å². The van der Waals surface area contributed by atoms with E-state index in [1.54, 1.807) is 31.4 Å². The summed E-state index contributed by atoms with van der Waals surface area (Å²) < 4.78 is 11.7. The van der Waals surface area contributed by atoms with Crippen molar-refractivity contribution in [3.05, 3.63) is 70.8 Å². The molecule has 2 heterocycles. The summed E-state index contributed by atoms with van der Waals surface area (Å²) in [4.78, 5) is 28.4. The number of imide groups is 1. The minimum atomic E-state index is -1.70. The van der Waals surface area contributed by atoms with Crippen molar-refractivity contribution in [3.8, 4) is 5.75 Å². The molecule has 0 spiro atoms. The molecule has 3 N–H and O–H groups in total. The Morgan fingerprint density at radius 2 is 1.92 bits per heavy atom. The number of benzene rings is 2. The SMILES string of the molecule is COCC1=C2[C@@H](CC/C(C)=C/c3ccccc3O)OC[C@@H]2[C@@H]2C(=O)N(c3cccc(B(O)O)c3)C(=O)[C@@H]2C1. The molecule has 4 atom stereocenters. The van der Waals surface area contributed by atoms with Crippen molar-refractivity contribution in [3.63, 3.8) is 0 Å². The van der Waals surface area contributed by atoms with Gasteiger partial charge in [-0.2, -0.15) is 0 Å². The molecule has 198 valence electrons. The van der Waals surface area contributed by atoms with Gasteiger partial charge in [0.25, 0.3) is 0 Å². The zero-order valence-corrected chi connectivity index (χ0v) is 21.5. The minimum absolute atomic E-state index is 0.177. The lowest BCUT2D eigenvalue weighted by Crippen LogP contribution is -2.36. The van der Waals surface area contributed by atoms with E-state index in [1.807, 2.05) is 25.1 Å². The van der Waals surface area contributed by atoms with Crippen molar-refractivity contribution in [2.45, 2.75) is 32.3 Å². The third-order valence-corrected chi connectivity index (χ3v) is 7.89. The number of phenolic OH excluding ortho intramolecular Hbond substituents is 1. The predicted molar refractivity (Wildman–Crippen MR) is 143 cm³/mol. The molecule has 0 radical (unpaired) electrons. The summed E-state index contributed by atoms with van der Waals surface area (Å²) in [5.41, 5.74) is 4.52. The standard InChI is InChI=1S/C29H32BNO7/c1-17(12-18-6-3-4-9-24(18)32)10-11-25-26-19(15-37-2)13-22-27(23(26)16-38-25)29(34)31(28(22)33)21-8-5-7-20(14-21)30(35)36/h3-9,12,14,22-23,25,27,32,35-36H,10-11,13,15-16H2,1-2H3/b17-12+/t22-,23+,25-,27-/m1/s1. The van der Waals surface area contributed by atoms with Crippen LogP contribution in [0.2, 0.25) is 0 Å². The molecule has 2 aromatic rings. The molecule has 2 fully saturated rings. The van der Waals surface area contributed by atoms with E-state index in [2.05, 4.69) is 0 Å². The van der Waals surface area contributed by atoms with Crippen LogP contribution in [-0.2, 0) is 19.1 Å². The number of carbonyl (C=O) groups is 2. The molecule has 0 aromatic heterocycles. The van der Waals surface area contributed by atoms with Crippen LogP contribution in [0.4, 0.5) is 5.69 Å². The normalized spacial score (nSPS) is 25.2. The zero-order chi connectivity index (χ0) is 27.0. The van der Waals surface area contributed by atoms with Crippen molar-refractivity contribution in [1.82, 2.24) is 0 Å². The van der Waals surface area contributed by atoms with Crippen LogP contribution in [0.3, 0.4) is 0 Å². The van der Waals surface area contributed by atoms with Gasteiger partial charge in [-0.25, -0.2) is 0 Å². The lowest BCUT2D eigenvalue weighted by Gasteiger charge is -2.31. The maximum Gasteiger partial charge on any atom is 0.488 e. The van der Waals surface area contributed by atoms with Crippen LogP contribution >= 0.6 is 0 Å². The number of methoxy groups -OCH3 is 1. The second-order valence-corrected chi connectivity index (χ2v) is 10.3. The van der Waals surface area contributed by atoms with E-state index in [1.165, 1.54) is 17.0 Å². The van der Waals surface area contributed by atoms with Crippen LogP contribution in [-0.4, -0.2) is 60.5 Å². The number of aromatic hydroxyl groups is 1. The molecule has 2 saturated heterocycles. The fourth-order valence-corrected chi connectivity index (χ4v) is 6.16. The number of anilines is 1. The smallest absolute Gasteiger partial charge is 0.488 e. The van der Waals surface area contributed by atoms with Gasteiger partial charge in [0.05, 0.1) is 36.8 Å². The molecule has 3 aliphatic rings. The number of carbonyl (C=O) groups excluding carboxylic acids is 2. The van der Waals surface area contributed by atoms with Crippen molar-refractivity contribution in [2.24, 2.45) is 17.8 Å². The Balaban J connectivity index is 1.38. The van der Waals surface area contributed by atoms with Gasteiger partial charge >= 0.3 is 7.12 Å². The highest BCUT2D eigenvalue weighted by Gasteiger charge is 2.57. The summed E-state index contributed by atoms with van der Waals surface area (Å²) in [5.74, 6) is -1.55. The van der Waals surface area contributed by atoms with Gasteiger partial charge in [0, 0.05) is 18.6 Å². The van der Waals surface area contributed by atoms with E-state index in [0.717, 1.165) is 28.7 Å². The average molecular weight is 517 g/mol. The number of nitrogens with zero attached hydrogens (tertiary/aromatic N) is 1. The lowest BCUT2D eigenvalue weighted by atomic mass is 9.69. The molecular weight excluding hydrogens is 485 g/mol. The number of hydrogen-bond donors (Lipinski definition) is 3. The van der Waals surface area contributed by atoms with E-state index >= 15 is 0 Å². The van der Waals surface area contributed by atoms with Crippen LogP contribution in [0, 0.1) is 17.8 Å². The summed E-state index contributed by atoms with van der Waals surface area (Å²) in [7, 11) is -0.0721. The Bertz CT molecular complexity index is 1300. The van der Waals surface area contributed by atoms with E-state index in [4.69, 9.17) is 9.47 Å². The molecule has 1 aliphatic carbocycles. The Hall–Kier alpha value is -3.24. The summed E-state index contributed by atoms with van der Waals surface area (Å²) in [5, 5.41) is 29.2. The highest BCUT2D eigenvalue weighted by Crippen LogP contribution is 2.50. The first-order valence-electron chi connectivity index (χ1n) is 12.9. The van der Waals surface area contributed by atoms with Crippen LogP contribution < -0.4 is 10.4 Å². The molecule has 5 rings (SSSR count). The maximum atomic E-state index is 13.7. The summed E-state index contributed by atoms with van der Waals surface area (Å²) in [6, 6.07) is 13.4. The molecule has 9 heteroatoms. The van der Waals surface area contributed by atoms with Crippen molar-refractivity contribution in [2.75, 3.05) is 25.2 Å². The van der Waals surface area contributed by atoms with E-state index in [0.29, 0.717) is 31.7 Å². The Labute approximate surface area is 222 Å². The largest absolute Gasteiger partial charge is 0.507 e. The minimum Gasteiger partial charge on any atom is -0.507 e. The Kier molecular flexibility index (Phi) is 7.54. The van der Waals surface area contributed by atoms with Crippen LogP contribution in [0.15, 0.2) is 65.3 Å². The number of amides is 2. The topological polar surface area (TPSA) is 117 Å². The third-order valence-electron chi connectivity index (χ3n) is 7.89. The third kappa shape index (κ3) is 4.83. The molecule has 2 aromatic carbocycles. The molecule has 2 aliphatic heterocycles. The zero-order valence-electron chi connectivity index (χ0n) is 21.5. The van der Waals surface area contributed by atoms with Gasteiger partial charge < -0.3 is 24.6 Å². The van der Waals surface area contributed by atoms with Gasteiger partial charge in [0.1, 0.15) is 5.75 Å². The van der Waals surface area contributed by atoms with Gasteiger partial charge in [0.2, 0.25) is 11.8 Å². The highest BCUT2D eigenvalue weighted by molar-refractivity contribution is 6.58. The van der Waals surface area contributed by atoms with Gasteiger partial charge in [-0.3, -0.25) is 14.5 Å². The summed E-state index contributed by atoms with van der Waals surface area (Å²) >= 11 is 0. The lowest BCUT2D eigenvalue weighted by molar-refractivity contribution is -0.122. The average Bonchev–Trinajstić information content (AvgIpc) is 3.43.